The van der Waals surface area contributed by atoms with Crippen molar-refractivity contribution in [3.8, 4) is 46.3 Å². The smallest absolute Gasteiger partial charge is 0.859 e. The molecule has 4 heterocycles. The van der Waals surface area contributed by atoms with E-state index >= 15 is 0 Å². The van der Waals surface area contributed by atoms with Gasteiger partial charge in [-0.3, -0.25) is 9.97 Å². The standard InChI is InChI=1S/2C10H8N2O2.2CH4O.Cu/c2*13-9-5-1-3-7(11-9)8-4-2-6-10(14)12-8;2*1-2;/h2*1-6H,(H,11,13)(H,12,14);2*2H,1H3;/q;;;;+2/p-2. The number of aliphatic hydroxyl groups excluding tert-OH is 2. The van der Waals surface area contributed by atoms with Crippen molar-refractivity contribution in [2.24, 2.45) is 0 Å². The molecule has 4 N–H and O–H groups in total. The minimum Gasteiger partial charge on any atom is -0.859 e. The third-order valence-corrected chi connectivity index (χ3v) is 3.44. The number of hydrogen-bond acceptors (Lipinski definition) is 10. The zero-order valence-corrected chi connectivity index (χ0v) is 18.6. The summed E-state index contributed by atoms with van der Waals surface area (Å²) in [5.74, 6) is -0.790. The van der Waals surface area contributed by atoms with Crippen molar-refractivity contribution in [3.63, 3.8) is 0 Å². The largest absolute Gasteiger partial charge is 2.00 e. The normalized spacial score (nSPS) is 8.85. The van der Waals surface area contributed by atoms with Gasteiger partial charge in [-0.2, -0.15) is 0 Å². The fraction of sp³-hybridized carbons (Fsp3) is 0.0909. The van der Waals surface area contributed by atoms with Crippen molar-refractivity contribution in [2.75, 3.05) is 14.2 Å². The van der Waals surface area contributed by atoms with Gasteiger partial charge in [0, 0.05) is 26.4 Å². The van der Waals surface area contributed by atoms with Crippen molar-refractivity contribution >= 4 is 0 Å². The van der Waals surface area contributed by atoms with E-state index in [-0.39, 0.29) is 40.6 Å². The summed E-state index contributed by atoms with van der Waals surface area (Å²) in [7, 11) is 2.00. The zero-order valence-electron chi connectivity index (χ0n) is 17.6. The first-order valence-electron chi connectivity index (χ1n) is 9.01. The molecule has 1 radical (unpaired) electrons. The number of hydrogen-bond donors (Lipinski definition) is 4. The second kappa shape index (κ2) is 16.0. The Kier molecular flexibility index (Phi) is 14.1. The summed E-state index contributed by atoms with van der Waals surface area (Å²) in [5.41, 5.74) is 1.91. The molecule has 0 amide bonds. The molecule has 0 spiro atoms. The van der Waals surface area contributed by atoms with Gasteiger partial charge in [0.1, 0.15) is 0 Å². The van der Waals surface area contributed by atoms with Crippen LogP contribution in [0.3, 0.4) is 0 Å². The van der Waals surface area contributed by atoms with E-state index in [4.69, 9.17) is 20.4 Å². The van der Waals surface area contributed by atoms with Gasteiger partial charge in [0.15, 0.2) is 0 Å². The van der Waals surface area contributed by atoms with Crippen molar-refractivity contribution in [2.45, 2.75) is 0 Å². The maximum absolute atomic E-state index is 10.9. The second-order valence-corrected chi connectivity index (χ2v) is 5.48. The number of nitrogens with zero attached hydrogens (tertiary/aromatic N) is 4. The van der Waals surface area contributed by atoms with Gasteiger partial charge >= 0.3 is 17.1 Å². The molecule has 0 saturated heterocycles. The van der Waals surface area contributed by atoms with Crippen LogP contribution in [0.1, 0.15) is 0 Å². The number of rotatable bonds is 2. The van der Waals surface area contributed by atoms with Crippen LogP contribution in [-0.2, 0) is 17.1 Å². The van der Waals surface area contributed by atoms with E-state index in [1.54, 1.807) is 48.5 Å². The Morgan fingerprint density at radius 1 is 0.485 bits per heavy atom. The Morgan fingerprint density at radius 2 is 0.758 bits per heavy atom. The maximum atomic E-state index is 10.9. The maximum Gasteiger partial charge on any atom is 2.00 e. The van der Waals surface area contributed by atoms with Crippen molar-refractivity contribution in [3.05, 3.63) is 72.8 Å². The van der Waals surface area contributed by atoms with E-state index in [0.717, 1.165) is 14.2 Å². The Labute approximate surface area is 201 Å². The summed E-state index contributed by atoms with van der Waals surface area (Å²) < 4.78 is 0. The Bertz CT molecular complexity index is 927. The molecule has 0 atom stereocenters. The van der Waals surface area contributed by atoms with Gasteiger partial charge in [0.05, 0.1) is 22.8 Å². The summed E-state index contributed by atoms with van der Waals surface area (Å²) in [4.78, 5) is 15.2. The number of aromatic hydroxyl groups is 2. The summed E-state index contributed by atoms with van der Waals surface area (Å²) in [6.07, 6.45) is 0. The van der Waals surface area contributed by atoms with Crippen LogP contribution in [0, 0.1) is 0 Å². The quantitative estimate of drug-likeness (QED) is 0.290. The third-order valence-electron chi connectivity index (χ3n) is 3.44. The fourth-order valence-corrected chi connectivity index (χ4v) is 2.25. The molecule has 0 saturated carbocycles. The van der Waals surface area contributed by atoms with Gasteiger partial charge in [-0.25, -0.2) is 9.97 Å². The molecular formula is C22H22CuN4O6. The van der Waals surface area contributed by atoms with Gasteiger partial charge in [-0.1, -0.05) is 36.4 Å². The minimum absolute atomic E-state index is 0. The molecule has 10 nitrogen and oxygen atoms in total. The van der Waals surface area contributed by atoms with Crippen LogP contribution < -0.4 is 10.2 Å². The zero-order chi connectivity index (χ0) is 23.9. The molecule has 11 heteroatoms. The first-order valence-corrected chi connectivity index (χ1v) is 9.01. The summed E-state index contributed by atoms with van der Waals surface area (Å²) in [6, 6.07) is 18.9. The van der Waals surface area contributed by atoms with Crippen molar-refractivity contribution < 1.29 is 47.7 Å². The Balaban J connectivity index is 0.000000526. The van der Waals surface area contributed by atoms with E-state index in [1.807, 2.05) is 0 Å². The molecule has 0 aliphatic rings. The average molecular weight is 502 g/mol. The number of aromatic nitrogens is 4. The fourth-order valence-electron chi connectivity index (χ4n) is 2.25. The van der Waals surface area contributed by atoms with E-state index < -0.39 is 0 Å². The molecule has 0 unspecified atom stereocenters. The van der Waals surface area contributed by atoms with Crippen molar-refractivity contribution in [1.82, 2.24) is 19.9 Å². The molecule has 177 valence electrons. The molecule has 4 aromatic heterocycles. The number of pyridine rings is 4. The minimum atomic E-state index is -0.312. The van der Waals surface area contributed by atoms with Crippen LogP contribution in [-0.4, -0.2) is 54.6 Å². The van der Waals surface area contributed by atoms with Gasteiger partial charge < -0.3 is 30.6 Å². The van der Waals surface area contributed by atoms with E-state index in [9.17, 15) is 10.2 Å². The first kappa shape index (κ1) is 29.2. The van der Waals surface area contributed by atoms with E-state index in [1.165, 1.54) is 24.3 Å². The van der Waals surface area contributed by atoms with E-state index in [2.05, 4.69) is 19.9 Å². The Hall–Kier alpha value is -3.76. The molecule has 0 bridgehead atoms. The predicted octanol–water partition coefficient (Wildman–Crippen LogP) is 1.06. The molecule has 0 aliphatic heterocycles. The first-order chi connectivity index (χ1) is 15.5. The van der Waals surface area contributed by atoms with Crippen LogP contribution in [0.15, 0.2) is 72.8 Å². The monoisotopic (exact) mass is 501 g/mol. The molecule has 0 aromatic carbocycles. The SMILES string of the molecule is CO.CO.[Cu+2].[O-]c1cccc(-c2cccc(O)n2)n1.[O-]c1cccc(-c2cccc(O)n2)n1. The van der Waals surface area contributed by atoms with Crippen LogP contribution >= 0.6 is 0 Å². The summed E-state index contributed by atoms with van der Waals surface area (Å²) >= 11 is 0. The average Bonchev–Trinajstić information content (AvgIpc) is 2.82. The van der Waals surface area contributed by atoms with Crippen LogP contribution in [0.25, 0.3) is 22.8 Å². The second-order valence-electron chi connectivity index (χ2n) is 5.48. The molecule has 4 rings (SSSR count). The predicted molar refractivity (Wildman–Crippen MR) is 113 cm³/mol. The van der Waals surface area contributed by atoms with Gasteiger partial charge in [0.2, 0.25) is 11.8 Å². The molecule has 0 fully saturated rings. The summed E-state index contributed by atoms with van der Waals surface area (Å²) in [5, 5.41) is 54.1. The van der Waals surface area contributed by atoms with Crippen LogP contribution in [0.5, 0.6) is 23.5 Å². The molecule has 0 aliphatic carbocycles. The Morgan fingerprint density at radius 3 is 1.03 bits per heavy atom. The van der Waals surface area contributed by atoms with Crippen molar-refractivity contribution in [1.29, 1.82) is 0 Å². The van der Waals surface area contributed by atoms with Crippen LogP contribution in [0.2, 0.25) is 0 Å². The van der Waals surface area contributed by atoms with Gasteiger partial charge in [0.25, 0.3) is 0 Å². The third kappa shape index (κ3) is 9.93. The topological polar surface area (TPSA) is 179 Å². The molecular weight excluding hydrogens is 480 g/mol. The van der Waals surface area contributed by atoms with E-state index in [0.29, 0.717) is 22.8 Å². The number of aliphatic hydroxyl groups is 2. The van der Waals surface area contributed by atoms with Crippen LogP contribution in [0.4, 0.5) is 0 Å². The molecule has 33 heavy (non-hydrogen) atoms. The molecule has 4 aromatic rings. The van der Waals surface area contributed by atoms with Gasteiger partial charge in [-0.15, -0.1) is 0 Å². The van der Waals surface area contributed by atoms with Gasteiger partial charge in [-0.05, 0) is 36.0 Å². The summed E-state index contributed by atoms with van der Waals surface area (Å²) in [6.45, 7) is 0.